The average molecular weight is 303 g/mol. The second kappa shape index (κ2) is 7.98. The minimum absolute atomic E-state index is 0.0101. The zero-order valence-corrected chi connectivity index (χ0v) is 12.3. The van der Waals surface area contributed by atoms with Gasteiger partial charge in [0.15, 0.2) is 0 Å². The molecule has 0 aromatic heterocycles. The topological polar surface area (TPSA) is 113 Å². The summed E-state index contributed by atoms with van der Waals surface area (Å²) in [6, 6.07) is -1.47. The molecular weight excluding hydrogens is 282 g/mol. The molecular formula is C12H21N3O4S. The third-order valence-corrected chi connectivity index (χ3v) is 4.53. The number of urea groups is 1. The second-order valence-electron chi connectivity index (χ2n) is 4.69. The predicted molar refractivity (Wildman–Crippen MR) is 76.5 cm³/mol. The first kappa shape index (κ1) is 16.6. The molecule has 8 heteroatoms. The van der Waals surface area contributed by atoms with Crippen molar-refractivity contribution in [2.45, 2.75) is 37.5 Å². The van der Waals surface area contributed by atoms with Gasteiger partial charge in [-0.05, 0) is 12.8 Å². The number of hydrogen-bond acceptors (Lipinski definition) is 4. The van der Waals surface area contributed by atoms with Gasteiger partial charge in [-0.1, -0.05) is 6.92 Å². The SMILES string of the molecule is CCC1CN(C(=O)N[C@@H](CCC(N)=O)C(=O)O)CCS1. The van der Waals surface area contributed by atoms with Crippen molar-refractivity contribution in [3.63, 3.8) is 0 Å². The van der Waals surface area contributed by atoms with Crippen molar-refractivity contribution in [2.24, 2.45) is 5.73 Å². The van der Waals surface area contributed by atoms with Gasteiger partial charge in [0.05, 0.1) is 0 Å². The van der Waals surface area contributed by atoms with Crippen LogP contribution in [0.5, 0.6) is 0 Å². The zero-order valence-electron chi connectivity index (χ0n) is 11.5. The van der Waals surface area contributed by atoms with Crippen LogP contribution >= 0.6 is 11.8 Å². The molecule has 1 saturated heterocycles. The van der Waals surface area contributed by atoms with Gasteiger partial charge in [-0.2, -0.15) is 11.8 Å². The highest BCUT2D eigenvalue weighted by atomic mass is 32.2. The Hall–Kier alpha value is -1.44. The van der Waals surface area contributed by atoms with Crippen LogP contribution in [0.25, 0.3) is 0 Å². The first-order valence-corrected chi connectivity index (χ1v) is 7.67. The van der Waals surface area contributed by atoms with Crippen molar-refractivity contribution in [2.75, 3.05) is 18.8 Å². The van der Waals surface area contributed by atoms with E-state index in [-0.39, 0.29) is 18.9 Å². The normalized spacial score (nSPS) is 20.2. The van der Waals surface area contributed by atoms with Gasteiger partial charge in [0.25, 0.3) is 0 Å². The van der Waals surface area contributed by atoms with E-state index in [9.17, 15) is 14.4 Å². The van der Waals surface area contributed by atoms with Gasteiger partial charge in [0.2, 0.25) is 5.91 Å². The number of nitrogens with one attached hydrogen (secondary N) is 1. The molecule has 1 fully saturated rings. The number of primary amides is 1. The number of carboxylic acid groups (broad SMARTS) is 1. The Morgan fingerprint density at radius 2 is 2.20 bits per heavy atom. The Morgan fingerprint density at radius 1 is 1.50 bits per heavy atom. The summed E-state index contributed by atoms with van der Waals surface area (Å²) in [5.41, 5.74) is 4.99. The summed E-state index contributed by atoms with van der Waals surface area (Å²) in [5.74, 6) is -0.880. The van der Waals surface area contributed by atoms with E-state index >= 15 is 0 Å². The molecule has 4 N–H and O–H groups in total. The smallest absolute Gasteiger partial charge is 0.326 e. The van der Waals surface area contributed by atoms with Gasteiger partial charge in [-0.3, -0.25) is 4.79 Å². The minimum Gasteiger partial charge on any atom is -0.480 e. The number of nitrogens with two attached hydrogens (primary N) is 1. The summed E-state index contributed by atoms with van der Waals surface area (Å²) in [7, 11) is 0. The van der Waals surface area contributed by atoms with E-state index in [1.807, 2.05) is 11.8 Å². The fourth-order valence-electron chi connectivity index (χ4n) is 1.94. The number of amides is 3. The van der Waals surface area contributed by atoms with Crippen LogP contribution in [0.1, 0.15) is 26.2 Å². The van der Waals surface area contributed by atoms with E-state index in [1.54, 1.807) is 4.90 Å². The monoisotopic (exact) mass is 303 g/mol. The number of nitrogens with zero attached hydrogens (tertiary/aromatic N) is 1. The van der Waals surface area contributed by atoms with Crippen molar-refractivity contribution in [3.8, 4) is 0 Å². The first-order valence-electron chi connectivity index (χ1n) is 6.62. The zero-order chi connectivity index (χ0) is 15.1. The van der Waals surface area contributed by atoms with Crippen LogP contribution in [-0.4, -0.2) is 58.0 Å². The van der Waals surface area contributed by atoms with Crippen molar-refractivity contribution < 1.29 is 19.5 Å². The highest BCUT2D eigenvalue weighted by molar-refractivity contribution is 8.00. The quantitative estimate of drug-likeness (QED) is 0.650. The van der Waals surface area contributed by atoms with Crippen LogP contribution in [0.15, 0.2) is 0 Å². The van der Waals surface area contributed by atoms with Crippen molar-refractivity contribution in [1.82, 2.24) is 10.2 Å². The molecule has 0 saturated carbocycles. The van der Waals surface area contributed by atoms with Gasteiger partial charge < -0.3 is 21.1 Å². The maximum Gasteiger partial charge on any atom is 0.326 e. The number of rotatable bonds is 6. The van der Waals surface area contributed by atoms with Crippen LogP contribution in [-0.2, 0) is 9.59 Å². The van der Waals surface area contributed by atoms with E-state index in [1.165, 1.54) is 0 Å². The standard InChI is InChI=1S/C12H21N3O4S/c1-2-8-7-15(5-6-20-8)12(19)14-9(11(17)18)3-4-10(13)16/h8-9H,2-7H2,1H3,(H2,13,16)(H,14,19)(H,17,18)/t8?,9-/m0/s1. The van der Waals surface area contributed by atoms with E-state index in [4.69, 9.17) is 10.8 Å². The van der Waals surface area contributed by atoms with Crippen molar-refractivity contribution in [1.29, 1.82) is 0 Å². The lowest BCUT2D eigenvalue weighted by Gasteiger charge is -2.32. The maximum absolute atomic E-state index is 12.0. The summed E-state index contributed by atoms with van der Waals surface area (Å²) in [5, 5.41) is 11.9. The first-order chi connectivity index (χ1) is 9.43. The molecule has 2 atom stereocenters. The molecule has 1 aliphatic heterocycles. The van der Waals surface area contributed by atoms with Gasteiger partial charge >= 0.3 is 12.0 Å². The number of carbonyl (C=O) groups excluding carboxylic acids is 2. The lowest BCUT2D eigenvalue weighted by molar-refractivity contribution is -0.139. The van der Waals surface area contributed by atoms with Crippen LogP contribution in [0.4, 0.5) is 4.79 Å². The largest absolute Gasteiger partial charge is 0.480 e. The molecule has 0 radical (unpaired) electrons. The molecule has 1 unspecified atom stereocenters. The van der Waals surface area contributed by atoms with Gasteiger partial charge in [-0.25, -0.2) is 9.59 Å². The van der Waals surface area contributed by atoms with Crippen molar-refractivity contribution in [3.05, 3.63) is 0 Å². The maximum atomic E-state index is 12.0. The molecule has 0 spiro atoms. The Bertz CT molecular complexity index is 378. The molecule has 3 amide bonds. The Labute approximate surface area is 122 Å². The van der Waals surface area contributed by atoms with E-state index in [0.717, 1.165) is 12.2 Å². The van der Waals surface area contributed by atoms with E-state index in [0.29, 0.717) is 18.3 Å². The molecule has 0 aromatic carbocycles. The van der Waals surface area contributed by atoms with Crippen LogP contribution in [0, 0.1) is 0 Å². The molecule has 7 nitrogen and oxygen atoms in total. The summed E-state index contributed by atoms with van der Waals surface area (Å²) in [6.45, 7) is 3.29. The lowest BCUT2D eigenvalue weighted by atomic mass is 10.1. The lowest BCUT2D eigenvalue weighted by Crippen LogP contribution is -2.51. The molecule has 0 bridgehead atoms. The Balaban J connectivity index is 2.52. The molecule has 0 aromatic rings. The minimum atomic E-state index is -1.15. The Morgan fingerprint density at radius 3 is 2.75 bits per heavy atom. The summed E-state index contributed by atoms with van der Waals surface area (Å²) >= 11 is 1.82. The van der Waals surface area contributed by atoms with Gasteiger partial charge in [0, 0.05) is 30.5 Å². The third kappa shape index (κ3) is 5.28. The number of carbonyl (C=O) groups is 3. The highest BCUT2D eigenvalue weighted by Crippen LogP contribution is 2.21. The number of carboxylic acids is 1. The molecule has 1 heterocycles. The van der Waals surface area contributed by atoms with Crippen LogP contribution in [0.3, 0.4) is 0 Å². The summed E-state index contributed by atoms with van der Waals surface area (Å²) in [4.78, 5) is 35.4. The van der Waals surface area contributed by atoms with E-state index < -0.39 is 17.9 Å². The van der Waals surface area contributed by atoms with E-state index in [2.05, 4.69) is 12.2 Å². The summed E-state index contributed by atoms with van der Waals surface area (Å²) < 4.78 is 0. The Kier molecular flexibility index (Phi) is 6.63. The van der Waals surface area contributed by atoms with Gasteiger partial charge in [0.1, 0.15) is 6.04 Å². The highest BCUT2D eigenvalue weighted by Gasteiger charge is 2.27. The number of hydrogen-bond donors (Lipinski definition) is 3. The second-order valence-corrected chi connectivity index (χ2v) is 6.10. The third-order valence-electron chi connectivity index (χ3n) is 3.16. The number of aliphatic carboxylic acids is 1. The summed E-state index contributed by atoms with van der Waals surface area (Å²) in [6.07, 6.45) is 0.916. The molecule has 0 aliphatic carbocycles. The average Bonchev–Trinajstić information content (AvgIpc) is 2.42. The fourth-order valence-corrected chi connectivity index (χ4v) is 3.12. The molecule has 20 heavy (non-hydrogen) atoms. The number of thioether (sulfide) groups is 1. The van der Waals surface area contributed by atoms with Gasteiger partial charge in [-0.15, -0.1) is 0 Å². The molecule has 114 valence electrons. The molecule has 1 rings (SSSR count). The van der Waals surface area contributed by atoms with Crippen molar-refractivity contribution >= 4 is 29.7 Å². The predicted octanol–water partition coefficient (Wildman–Crippen LogP) is 0.242. The molecule has 1 aliphatic rings. The van der Waals surface area contributed by atoms with Crippen LogP contribution < -0.4 is 11.1 Å². The van der Waals surface area contributed by atoms with Crippen LogP contribution in [0.2, 0.25) is 0 Å². The fraction of sp³-hybridized carbons (Fsp3) is 0.750.